The Kier molecular flexibility index (Phi) is 4.59. The Bertz CT molecular complexity index is 655. The third-order valence-electron chi connectivity index (χ3n) is 4.75. The van der Waals surface area contributed by atoms with Crippen LogP contribution in [-0.2, 0) is 45.1 Å². The molecule has 4 rings (SSSR count). The quantitative estimate of drug-likeness (QED) is 0.584. The first kappa shape index (κ1) is 15.0. The van der Waals surface area contributed by atoms with E-state index in [0.717, 1.165) is 6.42 Å². The second-order valence-electron chi connectivity index (χ2n) is 6.11. The van der Waals surface area contributed by atoms with Gasteiger partial charge in [0.2, 0.25) is 0 Å². The minimum Gasteiger partial charge on any atom is -0.0760 e. The van der Waals surface area contributed by atoms with Gasteiger partial charge < -0.3 is 0 Å². The molecule has 1 heteroatoms. The van der Waals surface area contributed by atoms with Crippen molar-refractivity contribution >= 4 is 6.08 Å². The van der Waals surface area contributed by atoms with Gasteiger partial charge in [-0.1, -0.05) is 54.6 Å². The molecule has 0 N–H and O–H groups in total. The molecule has 0 bridgehead atoms. The number of aryl methyl sites for hydroxylation is 2. The number of fused-ring (bicyclic) bond motifs is 2. The van der Waals surface area contributed by atoms with Crippen LogP contribution in [0.4, 0.5) is 0 Å². The van der Waals surface area contributed by atoms with Crippen LogP contribution < -0.4 is 0 Å². The van der Waals surface area contributed by atoms with E-state index in [2.05, 4.69) is 54.6 Å². The first-order chi connectivity index (χ1) is 9.90. The summed E-state index contributed by atoms with van der Waals surface area (Å²) in [5.41, 5.74) is 7.66. The summed E-state index contributed by atoms with van der Waals surface area (Å²) in [5, 5.41) is 0. The van der Waals surface area contributed by atoms with E-state index in [1.165, 1.54) is 36.8 Å². The van der Waals surface area contributed by atoms with E-state index < -0.39 is 0 Å². The van der Waals surface area contributed by atoms with Gasteiger partial charge in [-0.25, -0.2) is 0 Å². The molecule has 0 heterocycles. The van der Waals surface area contributed by atoms with Gasteiger partial charge in [0.25, 0.3) is 0 Å². The maximum absolute atomic E-state index is 2.50. The molecule has 0 nitrogen and oxygen atoms in total. The maximum Gasteiger partial charge on any atom is 0.00677 e. The van der Waals surface area contributed by atoms with Gasteiger partial charge in [0, 0.05) is 31.8 Å². The molecular formula is C20H20Hf. The predicted octanol–water partition coefficient (Wildman–Crippen LogP) is 4.92. The van der Waals surface area contributed by atoms with E-state index in [-0.39, 0.29) is 25.8 Å². The molecule has 21 heavy (non-hydrogen) atoms. The number of hydrogen-bond acceptors (Lipinski definition) is 0. The van der Waals surface area contributed by atoms with Crippen molar-refractivity contribution in [3.8, 4) is 0 Å². The fraction of sp³-hybridized carbons (Fsp3) is 0.300. The smallest absolute Gasteiger partial charge is 0.00677 e. The fourth-order valence-electron chi connectivity index (χ4n) is 3.66. The van der Waals surface area contributed by atoms with Crippen LogP contribution in [0.3, 0.4) is 0 Å². The summed E-state index contributed by atoms with van der Waals surface area (Å²) in [6.45, 7) is 0. The van der Waals surface area contributed by atoms with Gasteiger partial charge in [-0.15, -0.1) is 0 Å². The molecule has 0 fully saturated rings. The Balaban J connectivity index is 0.00000132. The molecule has 2 aliphatic carbocycles. The van der Waals surface area contributed by atoms with Gasteiger partial charge in [-0.05, 0) is 59.9 Å². The normalized spacial score (nSPS) is 18.8. The molecule has 0 spiro atoms. The summed E-state index contributed by atoms with van der Waals surface area (Å²) < 4.78 is 0. The second-order valence-corrected chi connectivity index (χ2v) is 6.11. The van der Waals surface area contributed by atoms with Crippen LogP contribution in [0.5, 0.6) is 0 Å². The minimum atomic E-state index is 0. The zero-order valence-electron chi connectivity index (χ0n) is 12.3. The first-order valence-corrected chi connectivity index (χ1v) is 7.78. The summed E-state index contributed by atoms with van der Waals surface area (Å²) >= 11 is 0. The average Bonchev–Trinajstić information content (AvgIpc) is 2.88. The Morgan fingerprint density at radius 1 is 0.905 bits per heavy atom. The van der Waals surface area contributed by atoms with Gasteiger partial charge in [0.05, 0.1) is 0 Å². The third kappa shape index (κ3) is 2.99. The van der Waals surface area contributed by atoms with E-state index in [4.69, 9.17) is 0 Å². The van der Waals surface area contributed by atoms with E-state index in [0.29, 0.717) is 5.92 Å². The van der Waals surface area contributed by atoms with Crippen molar-refractivity contribution in [2.75, 3.05) is 0 Å². The van der Waals surface area contributed by atoms with E-state index in [1.54, 1.807) is 16.7 Å². The predicted molar refractivity (Wildman–Crippen MR) is 85.0 cm³/mol. The monoisotopic (exact) mass is 440 g/mol. The summed E-state index contributed by atoms with van der Waals surface area (Å²) in [6, 6.07) is 15.8. The van der Waals surface area contributed by atoms with Crippen LogP contribution in [0.25, 0.3) is 6.08 Å². The van der Waals surface area contributed by atoms with Gasteiger partial charge in [0.15, 0.2) is 0 Å². The summed E-state index contributed by atoms with van der Waals surface area (Å²) in [5.74, 6) is 0.569. The molecule has 0 aromatic heterocycles. The Hall–Kier alpha value is -0.950. The standard InChI is InChI=1S/C20H20.Hf/c1-2-6-15(7-3-1)12-18-10-11-19-13-16-8-4-5-9-17(16)14-20(18)19;/h1-3,6-7,10-11,13-14,18H,4-5,8-9,12H2;. The van der Waals surface area contributed by atoms with Gasteiger partial charge in [-0.2, -0.15) is 0 Å². The zero-order valence-corrected chi connectivity index (χ0v) is 15.9. The van der Waals surface area contributed by atoms with Crippen molar-refractivity contribution in [3.05, 3.63) is 76.4 Å². The molecule has 0 saturated heterocycles. The topological polar surface area (TPSA) is 0 Å². The Morgan fingerprint density at radius 3 is 2.38 bits per heavy atom. The molecule has 0 saturated carbocycles. The van der Waals surface area contributed by atoms with Crippen LogP contribution in [0.15, 0.2) is 48.5 Å². The Morgan fingerprint density at radius 2 is 1.62 bits per heavy atom. The van der Waals surface area contributed by atoms with Crippen LogP contribution in [0.1, 0.15) is 46.6 Å². The second kappa shape index (κ2) is 6.44. The van der Waals surface area contributed by atoms with Crippen molar-refractivity contribution < 1.29 is 25.8 Å². The van der Waals surface area contributed by atoms with Gasteiger partial charge in [0.1, 0.15) is 0 Å². The summed E-state index contributed by atoms with van der Waals surface area (Å²) in [7, 11) is 0. The van der Waals surface area contributed by atoms with E-state index in [9.17, 15) is 0 Å². The molecule has 104 valence electrons. The number of rotatable bonds is 2. The van der Waals surface area contributed by atoms with Crippen molar-refractivity contribution in [2.24, 2.45) is 0 Å². The van der Waals surface area contributed by atoms with Crippen LogP contribution in [-0.4, -0.2) is 0 Å². The van der Waals surface area contributed by atoms with Gasteiger partial charge >= 0.3 is 0 Å². The third-order valence-corrected chi connectivity index (χ3v) is 4.75. The molecule has 2 aromatic carbocycles. The largest absolute Gasteiger partial charge is 0.0760 e. The molecule has 1 atom stereocenters. The maximum atomic E-state index is 2.50. The van der Waals surface area contributed by atoms with E-state index in [1.807, 2.05) is 0 Å². The van der Waals surface area contributed by atoms with Crippen LogP contribution in [0.2, 0.25) is 0 Å². The zero-order chi connectivity index (χ0) is 13.4. The van der Waals surface area contributed by atoms with Crippen molar-refractivity contribution in [1.29, 1.82) is 0 Å². The molecule has 0 radical (unpaired) electrons. The SMILES string of the molecule is C1=CC(Cc2ccccc2)c2cc3c(cc21)CCCC3.[Hf]. The minimum absolute atomic E-state index is 0. The summed E-state index contributed by atoms with van der Waals surface area (Å²) in [4.78, 5) is 0. The van der Waals surface area contributed by atoms with Crippen LogP contribution in [0, 0.1) is 0 Å². The average molecular weight is 439 g/mol. The van der Waals surface area contributed by atoms with Crippen molar-refractivity contribution in [3.63, 3.8) is 0 Å². The number of hydrogen-bond donors (Lipinski definition) is 0. The van der Waals surface area contributed by atoms with Crippen molar-refractivity contribution in [2.45, 2.75) is 38.0 Å². The fourth-order valence-corrected chi connectivity index (χ4v) is 3.66. The summed E-state index contributed by atoms with van der Waals surface area (Å²) in [6.07, 6.45) is 11.1. The Labute approximate surface area is 146 Å². The molecule has 2 aromatic rings. The molecule has 0 amide bonds. The van der Waals surface area contributed by atoms with Gasteiger partial charge in [-0.3, -0.25) is 0 Å². The first-order valence-electron chi connectivity index (χ1n) is 7.78. The van der Waals surface area contributed by atoms with E-state index >= 15 is 0 Å². The number of allylic oxidation sites excluding steroid dienone is 1. The molecule has 2 aliphatic rings. The number of benzene rings is 2. The van der Waals surface area contributed by atoms with Crippen LogP contribution >= 0.6 is 0 Å². The molecule has 1 unspecified atom stereocenters. The molecular weight excluding hydrogens is 419 g/mol. The molecule has 0 aliphatic heterocycles. The van der Waals surface area contributed by atoms with Crippen molar-refractivity contribution in [1.82, 2.24) is 0 Å².